The van der Waals surface area contributed by atoms with Gasteiger partial charge in [0, 0.05) is 32.2 Å². The van der Waals surface area contributed by atoms with Crippen molar-refractivity contribution in [1.82, 2.24) is 20.2 Å². The van der Waals surface area contributed by atoms with Gasteiger partial charge in [-0.15, -0.1) is 0 Å². The Morgan fingerprint density at radius 2 is 2.25 bits per heavy atom. The highest BCUT2D eigenvalue weighted by Crippen LogP contribution is 2.26. The van der Waals surface area contributed by atoms with Crippen LogP contribution >= 0.6 is 12.2 Å². The number of rotatable bonds is 3. The zero-order valence-electron chi connectivity index (χ0n) is 13.8. The maximum absolute atomic E-state index is 5.66. The van der Waals surface area contributed by atoms with Gasteiger partial charge >= 0.3 is 0 Å². The van der Waals surface area contributed by atoms with Crippen molar-refractivity contribution in [3.8, 4) is 0 Å². The third-order valence-electron chi connectivity index (χ3n) is 5.01. The van der Waals surface area contributed by atoms with Crippen LogP contribution in [0.2, 0.25) is 0 Å². The number of benzene rings is 1. The number of para-hydroxylation sites is 2. The monoisotopic (exact) mass is 344 g/mol. The summed E-state index contributed by atoms with van der Waals surface area (Å²) in [7, 11) is 0. The number of H-pyrrole nitrogens is 1. The largest absolute Gasteiger partial charge is 0.376 e. The lowest BCUT2D eigenvalue weighted by atomic mass is 9.98. The molecule has 24 heavy (non-hydrogen) atoms. The Morgan fingerprint density at radius 1 is 1.33 bits per heavy atom. The van der Waals surface area contributed by atoms with E-state index >= 15 is 0 Å². The second kappa shape index (κ2) is 7.07. The summed E-state index contributed by atoms with van der Waals surface area (Å²) < 4.78 is 5.66. The highest BCUT2D eigenvalue weighted by molar-refractivity contribution is 7.80. The summed E-state index contributed by atoms with van der Waals surface area (Å²) in [5.41, 5.74) is 2.16. The fourth-order valence-electron chi connectivity index (χ4n) is 3.67. The van der Waals surface area contributed by atoms with Crippen molar-refractivity contribution in [2.24, 2.45) is 0 Å². The highest BCUT2D eigenvalue weighted by Gasteiger charge is 2.26. The van der Waals surface area contributed by atoms with Crippen LogP contribution in [0.1, 0.15) is 37.4 Å². The van der Waals surface area contributed by atoms with Crippen molar-refractivity contribution < 1.29 is 4.74 Å². The number of nitrogens with one attached hydrogen (secondary N) is 2. The van der Waals surface area contributed by atoms with E-state index in [1.54, 1.807) is 0 Å². The van der Waals surface area contributed by atoms with Gasteiger partial charge in [0.05, 0.1) is 17.1 Å². The highest BCUT2D eigenvalue weighted by atomic mass is 32.1. The predicted molar refractivity (Wildman–Crippen MR) is 99.2 cm³/mol. The van der Waals surface area contributed by atoms with Gasteiger partial charge in [-0.3, -0.25) is 0 Å². The molecule has 2 unspecified atom stereocenters. The third-order valence-corrected chi connectivity index (χ3v) is 5.41. The first-order valence-corrected chi connectivity index (χ1v) is 9.29. The van der Waals surface area contributed by atoms with Crippen LogP contribution in [-0.2, 0) is 4.74 Å². The molecule has 5 nitrogen and oxygen atoms in total. The Balaban J connectivity index is 1.38. The Bertz CT molecular complexity index is 677. The number of aromatic amines is 1. The molecule has 128 valence electrons. The first-order chi connectivity index (χ1) is 11.8. The summed E-state index contributed by atoms with van der Waals surface area (Å²) in [5.74, 6) is 1.50. The van der Waals surface area contributed by atoms with Crippen LogP contribution < -0.4 is 5.32 Å². The number of hydrogen-bond acceptors (Lipinski definition) is 3. The van der Waals surface area contributed by atoms with Crippen LogP contribution in [0, 0.1) is 0 Å². The van der Waals surface area contributed by atoms with E-state index in [9.17, 15) is 0 Å². The van der Waals surface area contributed by atoms with Crippen molar-refractivity contribution >= 4 is 28.4 Å². The molecule has 2 aliphatic heterocycles. The first-order valence-electron chi connectivity index (χ1n) is 8.88. The molecule has 0 bridgehead atoms. The van der Waals surface area contributed by atoms with Gasteiger partial charge in [-0.2, -0.15) is 0 Å². The molecule has 2 fully saturated rings. The van der Waals surface area contributed by atoms with Crippen molar-refractivity contribution in [2.75, 3.05) is 26.2 Å². The molecular weight excluding hydrogens is 320 g/mol. The molecule has 2 saturated heterocycles. The summed E-state index contributed by atoms with van der Waals surface area (Å²) in [6, 6.07) is 8.22. The van der Waals surface area contributed by atoms with E-state index in [2.05, 4.69) is 27.3 Å². The fourth-order valence-corrected chi connectivity index (χ4v) is 3.92. The molecule has 0 amide bonds. The van der Waals surface area contributed by atoms with Crippen LogP contribution in [0.15, 0.2) is 24.3 Å². The lowest BCUT2D eigenvalue weighted by Crippen LogP contribution is -2.46. The number of fused-ring (bicyclic) bond motifs is 1. The number of hydrogen-bond donors (Lipinski definition) is 2. The number of piperidine rings is 1. The minimum absolute atomic E-state index is 0.318. The minimum atomic E-state index is 0.318. The quantitative estimate of drug-likeness (QED) is 0.839. The average molecular weight is 344 g/mol. The molecule has 2 N–H and O–H groups in total. The van der Waals surface area contributed by atoms with Crippen LogP contribution in [0.25, 0.3) is 11.0 Å². The van der Waals surface area contributed by atoms with Crippen molar-refractivity contribution in [2.45, 2.75) is 37.7 Å². The molecule has 2 atom stereocenters. The van der Waals surface area contributed by atoms with Gasteiger partial charge < -0.3 is 19.9 Å². The number of thiocarbonyl (C=S) groups is 1. The van der Waals surface area contributed by atoms with Gasteiger partial charge in [-0.1, -0.05) is 12.1 Å². The van der Waals surface area contributed by atoms with Gasteiger partial charge in [-0.05, 0) is 50.0 Å². The SMILES string of the molecule is S=C(NCC1CCCO1)N1CCCC(c2nc3ccccc3[nH]2)C1. The number of likely N-dealkylation sites (tertiary alicyclic amines) is 1. The van der Waals surface area contributed by atoms with Crippen LogP contribution in [0.3, 0.4) is 0 Å². The second-order valence-electron chi connectivity index (χ2n) is 6.75. The molecule has 0 radical (unpaired) electrons. The number of imidazole rings is 1. The predicted octanol–water partition coefficient (Wildman–Crippen LogP) is 2.80. The Kier molecular flexibility index (Phi) is 4.67. The molecule has 6 heteroatoms. The van der Waals surface area contributed by atoms with Crippen LogP contribution in [-0.4, -0.2) is 52.3 Å². The smallest absolute Gasteiger partial charge is 0.169 e. The van der Waals surface area contributed by atoms with Crippen molar-refractivity contribution in [3.63, 3.8) is 0 Å². The lowest BCUT2D eigenvalue weighted by Gasteiger charge is -2.34. The first kappa shape index (κ1) is 15.8. The van der Waals surface area contributed by atoms with E-state index in [1.807, 2.05) is 12.1 Å². The molecule has 0 saturated carbocycles. The third kappa shape index (κ3) is 3.39. The average Bonchev–Trinajstić information content (AvgIpc) is 3.29. The van der Waals surface area contributed by atoms with Gasteiger partial charge in [0.2, 0.25) is 0 Å². The maximum Gasteiger partial charge on any atom is 0.169 e. The van der Waals surface area contributed by atoms with Gasteiger partial charge in [-0.25, -0.2) is 4.98 Å². The minimum Gasteiger partial charge on any atom is -0.376 e. The van der Waals surface area contributed by atoms with Crippen LogP contribution in [0.4, 0.5) is 0 Å². The fraction of sp³-hybridized carbons (Fsp3) is 0.556. The standard InChI is InChI=1S/C18H24N4OS/c24-18(19-11-14-6-4-10-23-14)22-9-3-5-13(12-22)17-20-15-7-1-2-8-16(15)21-17/h1-2,7-8,13-14H,3-6,9-12H2,(H,19,24)(H,20,21). The van der Waals surface area contributed by atoms with E-state index in [1.165, 1.54) is 0 Å². The molecule has 1 aromatic heterocycles. The van der Waals surface area contributed by atoms with E-state index < -0.39 is 0 Å². The molecule has 2 aliphatic rings. The number of aromatic nitrogens is 2. The van der Waals surface area contributed by atoms with Crippen LogP contribution in [0.5, 0.6) is 0 Å². The Morgan fingerprint density at radius 3 is 3.08 bits per heavy atom. The maximum atomic E-state index is 5.66. The van der Waals surface area contributed by atoms with Crippen molar-refractivity contribution in [3.05, 3.63) is 30.1 Å². The van der Waals surface area contributed by atoms with E-state index in [0.717, 1.165) is 73.9 Å². The number of ether oxygens (including phenoxy) is 1. The van der Waals surface area contributed by atoms with Gasteiger partial charge in [0.25, 0.3) is 0 Å². The lowest BCUT2D eigenvalue weighted by molar-refractivity contribution is 0.113. The summed E-state index contributed by atoms with van der Waals surface area (Å²) in [4.78, 5) is 10.5. The zero-order chi connectivity index (χ0) is 16.4. The second-order valence-corrected chi connectivity index (χ2v) is 7.13. The zero-order valence-corrected chi connectivity index (χ0v) is 14.6. The molecule has 1 aromatic carbocycles. The van der Waals surface area contributed by atoms with E-state index in [4.69, 9.17) is 21.9 Å². The van der Waals surface area contributed by atoms with Gasteiger partial charge in [0.15, 0.2) is 5.11 Å². The molecule has 0 spiro atoms. The molecule has 4 rings (SSSR count). The molecule has 0 aliphatic carbocycles. The van der Waals surface area contributed by atoms with Gasteiger partial charge in [0.1, 0.15) is 5.82 Å². The Labute approximate surface area is 147 Å². The summed E-state index contributed by atoms with van der Waals surface area (Å²) in [6.45, 7) is 3.66. The number of nitrogens with zero attached hydrogens (tertiary/aromatic N) is 2. The molecular formula is C18H24N4OS. The normalized spacial score (nSPS) is 24.4. The topological polar surface area (TPSA) is 53.2 Å². The van der Waals surface area contributed by atoms with E-state index in [0.29, 0.717) is 12.0 Å². The Hall–Kier alpha value is -1.66. The van der Waals surface area contributed by atoms with Crippen molar-refractivity contribution in [1.29, 1.82) is 0 Å². The molecule has 3 heterocycles. The summed E-state index contributed by atoms with van der Waals surface area (Å²) in [5, 5.41) is 4.25. The molecule has 2 aromatic rings. The summed E-state index contributed by atoms with van der Waals surface area (Å²) in [6.07, 6.45) is 4.92. The van der Waals surface area contributed by atoms with E-state index in [-0.39, 0.29) is 0 Å². The summed E-state index contributed by atoms with van der Waals surface area (Å²) >= 11 is 5.60.